The third-order valence-electron chi connectivity index (χ3n) is 3.70. The van der Waals surface area contributed by atoms with Gasteiger partial charge in [0.25, 0.3) is 0 Å². The average Bonchev–Trinajstić information content (AvgIpc) is 2.37. The van der Waals surface area contributed by atoms with Crippen LogP contribution < -0.4 is 5.32 Å². The largest absolute Gasteiger partial charge is 0.306 e. The summed E-state index contributed by atoms with van der Waals surface area (Å²) in [6.45, 7) is 9.05. The first-order valence-electron chi connectivity index (χ1n) is 6.88. The van der Waals surface area contributed by atoms with Crippen molar-refractivity contribution < 1.29 is 4.39 Å². The van der Waals surface area contributed by atoms with E-state index in [0.29, 0.717) is 5.56 Å². The van der Waals surface area contributed by atoms with Crippen LogP contribution in [0.1, 0.15) is 40.8 Å². The fourth-order valence-electron chi connectivity index (χ4n) is 2.59. The normalized spacial score (nSPS) is 12.4. The molecule has 0 aliphatic rings. The maximum atomic E-state index is 13.7. The number of nitrogens with zero attached hydrogens (tertiary/aromatic N) is 1. The van der Waals surface area contributed by atoms with Gasteiger partial charge >= 0.3 is 0 Å². The minimum Gasteiger partial charge on any atom is -0.306 e. The van der Waals surface area contributed by atoms with Gasteiger partial charge in [0.15, 0.2) is 0 Å². The van der Waals surface area contributed by atoms with Crippen LogP contribution in [-0.2, 0) is 6.54 Å². The lowest BCUT2D eigenvalue weighted by molar-refractivity contribution is 0.524. The molecular formula is C17H21FN2. The van der Waals surface area contributed by atoms with Gasteiger partial charge in [-0.25, -0.2) is 4.39 Å². The lowest BCUT2D eigenvalue weighted by Crippen LogP contribution is -2.20. The molecule has 3 heteroatoms. The van der Waals surface area contributed by atoms with E-state index in [2.05, 4.69) is 43.2 Å². The predicted molar refractivity (Wildman–Crippen MR) is 80.1 cm³/mol. The lowest BCUT2D eigenvalue weighted by atomic mass is 9.99. The molecule has 2 nitrogen and oxygen atoms in total. The summed E-state index contributed by atoms with van der Waals surface area (Å²) in [5, 5.41) is 3.39. The number of rotatable bonds is 4. The molecule has 1 aromatic heterocycles. The topological polar surface area (TPSA) is 24.9 Å². The molecule has 0 bridgehead atoms. The predicted octanol–water partition coefficient (Wildman–Crippen LogP) is 4.00. The number of aromatic nitrogens is 1. The van der Waals surface area contributed by atoms with E-state index in [1.807, 2.05) is 6.92 Å². The molecule has 0 radical (unpaired) electrons. The van der Waals surface area contributed by atoms with Crippen molar-refractivity contribution in [2.45, 2.75) is 40.3 Å². The van der Waals surface area contributed by atoms with Crippen molar-refractivity contribution in [3.63, 3.8) is 0 Å². The Labute approximate surface area is 120 Å². The number of aryl methyl sites for hydroxylation is 3. The molecule has 0 aliphatic carbocycles. The van der Waals surface area contributed by atoms with Crippen LogP contribution in [0.4, 0.5) is 4.39 Å². The number of pyridine rings is 1. The summed E-state index contributed by atoms with van der Waals surface area (Å²) in [4.78, 5) is 3.78. The number of hydrogen-bond donors (Lipinski definition) is 1. The quantitative estimate of drug-likeness (QED) is 0.910. The molecule has 0 saturated carbocycles. The van der Waals surface area contributed by atoms with Crippen LogP contribution in [0.2, 0.25) is 0 Å². The third kappa shape index (κ3) is 3.23. The molecule has 0 spiro atoms. The van der Waals surface area contributed by atoms with E-state index < -0.39 is 0 Å². The van der Waals surface area contributed by atoms with Crippen LogP contribution in [0.25, 0.3) is 0 Å². The van der Waals surface area contributed by atoms with E-state index in [1.54, 1.807) is 12.3 Å². The molecule has 0 amide bonds. The average molecular weight is 272 g/mol. The Morgan fingerprint density at radius 2 is 1.85 bits per heavy atom. The van der Waals surface area contributed by atoms with Crippen molar-refractivity contribution in [2.24, 2.45) is 0 Å². The summed E-state index contributed by atoms with van der Waals surface area (Å²) in [5.41, 5.74) is 5.77. The zero-order valence-electron chi connectivity index (χ0n) is 12.5. The van der Waals surface area contributed by atoms with Crippen molar-refractivity contribution >= 4 is 0 Å². The summed E-state index contributed by atoms with van der Waals surface area (Å²) >= 11 is 0. The SMILES string of the molecule is Cc1cc(C)c(CNC(C)c2ccncc2F)c(C)c1. The maximum absolute atomic E-state index is 13.7. The van der Waals surface area contributed by atoms with Crippen molar-refractivity contribution in [3.05, 3.63) is 64.2 Å². The molecule has 0 aliphatic heterocycles. The Balaban J connectivity index is 2.12. The number of hydrogen-bond acceptors (Lipinski definition) is 2. The maximum Gasteiger partial charge on any atom is 0.146 e. The number of halogens is 1. The van der Waals surface area contributed by atoms with E-state index in [4.69, 9.17) is 0 Å². The molecule has 2 rings (SSSR count). The second kappa shape index (κ2) is 6.14. The van der Waals surface area contributed by atoms with Crippen molar-refractivity contribution in [3.8, 4) is 0 Å². The molecule has 2 aromatic rings. The van der Waals surface area contributed by atoms with Gasteiger partial charge in [-0.2, -0.15) is 0 Å². The van der Waals surface area contributed by atoms with Gasteiger partial charge in [-0.15, -0.1) is 0 Å². The van der Waals surface area contributed by atoms with Gasteiger partial charge in [-0.1, -0.05) is 17.7 Å². The van der Waals surface area contributed by atoms with E-state index in [0.717, 1.165) is 6.54 Å². The van der Waals surface area contributed by atoms with Crippen LogP contribution >= 0.6 is 0 Å². The summed E-state index contributed by atoms with van der Waals surface area (Å²) in [6.07, 6.45) is 2.88. The first-order chi connectivity index (χ1) is 9.49. The lowest BCUT2D eigenvalue weighted by Gasteiger charge is -2.17. The summed E-state index contributed by atoms with van der Waals surface area (Å²) in [7, 11) is 0. The van der Waals surface area contributed by atoms with Gasteiger partial charge in [0, 0.05) is 24.3 Å². The molecule has 1 aromatic carbocycles. The van der Waals surface area contributed by atoms with Gasteiger partial charge in [0.1, 0.15) is 5.82 Å². The zero-order valence-corrected chi connectivity index (χ0v) is 12.5. The molecular weight excluding hydrogens is 251 g/mol. The summed E-state index contributed by atoms with van der Waals surface area (Å²) in [6, 6.07) is 6.05. The van der Waals surface area contributed by atoms with Crippen molar-refractivity contribution in [1.29, 1.82) is 0 Å². The second-order valence-electron chi connectivity index (χ2n) is 5.38. The summed E-state index contributed by atoms with van der Waals surface area (Å²) < 4.78 is 13.7. The first-order valence-corrected chi connectivity index (χ1v) is 6.88. The Bertz CT molecular complexity index is 585. The molecule has 1 N–H and O–H groups in total. The van der Waals surface area contributed by atoms with Crippen LogP contribution in [0.5, 0.6) is 0 Å². The molecule has 1 heterocycles. The molecule has 1 unspecified atom stereocenters. The van der Waals surface area contributed by atoms with Gasteiger partial charge in [0.2, 0.25) is 0 Å². The number of benzene rings is 1. The Hall–Kier alpha value is -1.74. The minimum atomic E-state index is -0.259. The van der Waals surface area contributed by atoms with Gasteiger partial charge in [-0.3, -0.25) is 4.98 Å². The molecule has 1 atom stereocenters. The zero-order chi connectivity index (χ0) is 14.7. The van der Waals surface area contributed by atoms with Crippen LogP contribution in [0.3, 0.4) is 0 Å². The molecule has 20 heavy (non-hydrogen) atoms. The third-order valence-corrected chi connectivity index (χ3v) is 3.70. The van der Waals surface area contributed by atoms with E-state index in [1.165, 1.54) is 28.5 Å². The summed E-state index contributed by atoms with van der Waals surface area (Å²) in [5.74, 6) is -0.259. The first kappa shape index (κ1) is 14.7. The smallest absolute Gasteiger partial charge is 0.146 e. The molecule has 0 saturated heterocycles. The van der Waals surface area contributed by atoms with Crippen molar-refractivity contribution in [1.82, 2.24) is 10.3 Å². The molecule has 106 valence electrons. The van der Waals surface area contributed by atoms with Crippen LogP contribution in [-0.4, -0.2) is 4.98 Å². The fourth-order valence-corrected chi connectivity index (χ4v) is 2.59. The standard InChI is InChI=1S/C17H21FN2/c1-11-7-12(2)16(13(3)8-11)9-20-14(4)15-5-6-19-10-17(15)18/h5-8,10,14,20H,9H2,1-4H3. The fraction of sp³-hybridized carbons (Fsp3) is 0.353. The van der Waals surface area contributed by atoms with Crippen molar-refractivity contribution in [2.75, 3.05) is 0 Å². The van der Waals surface area contributed by atoms with Gasteiger partial charge < -0.3 is 5.32 Å². The number of nitrogens with one attached hydrogen (secondary N) is 1. The Morgan fingerprint density at radius 3 is 2.45 bits per heavy atom. The minimum absolute atomic E-state index is 0.0434. The van der Waals surface area contributed by atoms with Crippen LogP contribution in [0, 0.1) is 26.6 Å². The molecule has 0 fully saturated rings. The highest BCUT2D eigenvalue weighted by Gasteiger charge is 2.11. The van der Waals surface area contributed by atoms with E-state index in [9.17, 15) is 4.39 Å². The van der Waals surface area contributed by atoms with Gasteiger partial charge in [0.05, 0.1) is 6.20 Å². The Morgan fingerprint density at radius 1 is 1.20 bits per heavy atom. The van der Waals surface area contributed by atoms with E-state index >= 15 is 0 Å². The van der Waals surface area contributed by atoms with Crippen LogP contribution in [0.15, 0.2) is 30.6 Å². The van der Waals surface area contributed by atoms with E-state index in [-0.39, 0.29) is 11.9 Å². The second-order valence-corrected chi connectivity index (χ2v) is 5.38. The Kier molecular flexibility index (Phi) is 4.50. The van der Waals surface area contributed by atoms with Gasteiger partial charge in [-0.05, 0) is 50.5 Å². The highest BCUT2D eigenvalue weighted by Crippen LogP contribution is 2.19. The highest BCUT2D eigenvalue weighted by molar-refractivity contribution is 5.37. The monoisotopic (exact) mass is 272 g/mol. The highest BCUT2D eigenvalue weighted by atomic mass is 19.1.